The van der Waals surface area contributed by atoms with Gasteiger partial charge in [-0.15, -0.1) is 0 Å². The Bertz CT molecular complexity index is 4120. The maximum absolute atomic E-state index is 16.0. The molecule has 3 amide bonds. The molecule has 1 aliphatic heterocycles. The van der Waals surface area contributed by atoms with Crippen molar-refractivity contribution in [3.05, 3.63) is 239 Å². The molecule has 9 heteroatoms. The summed E-state index contributed by atoms with van der Waals surface area (Å²) >= 11 is 0. The summed E-state index contributed by atoms with van der Waals surface area (Å²) in [5, 5.41) is 4.07. The van der Waals surface area contributed by atoms with Gasteiger partial charge in [0.15, 0.2) is 0 Å². The van der Waals surface area contributed by atoms with Gasteiger partial charge >= 0.3 is 0 Å². The van der Waals surface area contributed by atoms with Gasteiger partial charge in [0, 0.05) is 37.7 Å². The lowest BCUT2D eigenvalue weighted by atomic mass is 9.79. The molecule has 0 bridgehead atoms. The zero-order valence-electron chi connectivity index (χ0n) is 45.4. The van der Waals surface area contributed by atoms with E-state index < -0.39 is 17.7 Å². The molecule has 9 nitrogen and oxygen atoms in total. The van der Waals surface area contributed by atoms with Crippen LogP contribution in [0.1, 0.15) is 124 Å². The summed E-state index contributed by atoms with van der Waals surface area (Å²) in [6.45, 7) is 17.0. The molecule has 0 radical (unpaired) electrons. The number of ether oxygens (including phenoxy) is 4. The number of imide groups is 1. The molecule has 2 N–H and O–H groups in total. The van der Waals surface area contributed by atoms with E-state index in [4.69, 9.17) is 24.7 Å². The van der Waals surface area contributed by atoms with E-state index in [1.165, 1.54) is 16.0 Å². The number of benzene rings is 11. The fraction of sp³-hybridized carbons (Fsp3) is 0.141. The molecule has 0 spiro atoms. The molecule has 0 aliphatic carbocycles. The lowest BCUT2D eigenvalue weighted by Gasteiger charge is -2.33. The summed E-state index contributed by atoms with van der Waals surface area (Å²) in [7, 11) is 0. The van der Waals surface area contributed by atoms with Crippen LogP contribution in [0.25, 0.3) is 49.2 Å². The number of rotatable bonds is 16. The third-order valence-electron chi connectivity index (χ3n) is 15.3. The first-order chi connectivity index (χ1) is 38.8. The van der Waals surface area contributed by atoms with Crippen molar-refractivity contribution in [1.82, 2.24) is 0 Å². The third-order valence-corrected chi connectivity index (χ3v) is 15.3. The zero-order chi connectivity index (χ0) is 55.5. The van der Waals surface area contributed by atoms with Gasteiger partial charge < -0.3 is 24.7 Å². The number of nitrogens with zero attached hydrogens (tertiary/aromatic N) is 1. The van der Waals surface area contributed by atoms with Crippen molar-refractivity contribution in [3.63, 3.8) is 0 Å². The Balaban J connectivity index is 1.34. The predicted molar refractivity (Wildman–Crippen MR) is 321 cm³/mol. The molecular weight excluding hydrogens is 993 g/mol. The van der Waals surface area contributed by atoms with Gasteiger partial charge in [0.05, 0.1) is 22.4 Å². The molecule has 0 atom stereocenters. The van der Waals surface area contributed by atoms with Gasteiger partial charge in [-0.3, -0.25) is 14.4 Å². The second-order valence-corrected chi connectivity index (χ2v) is 21.3. The summed E-state index contributed by atoms with van der Waals surface area (Å²) in [4.78, 5) is 47.9. The first-order valence-electron chi connectivity index (χ1n) is 27.1. The number of primary amides is 1. The summed E-state index contributed by atoms with van der Waals surface area (Å²) in [5.74, 6) is 1.74. The number of carbonyl (C=O) groups excluding carboxylic acids is 3. The summed E-state index contributed by atoms with van der Waals surface area (Å²) in [6.07, 6.45) is 2.07. The molecular formula is C71H58N2O7. The highest BCUT2D eigenvalue weighted by Gasteiger charge is 2.41. The van der Waals surface area contributed by atoms with Crippen molar-refractivity contribution in [2.24, 2.45) is 5.73 Å². The number of hydrogen-bond acceptors (Lipinski definition) is 7. The molecule has 1 heterocycles. The smallest absolute Gasteiger partial charge is 0.266 e. The lowest BCUT2D eigenvalue weighted by Crippen LogP contribution is -2.41. The van der Waals surface area contributed by atoms with E-state index in [1.807, 2.05) is 159 Å². The molecule has 11 aromatic rings. The van der Waals surface area contributed by atoms with E-state index >= 15 is 9.59 Å². The minimum atomic E-state index is -0.672. The monoisotopic (exact) mass is 1050 g/mol. The number of nitrogens with two attached hydrogens (primary N) is 1. The Kier molecular flexibility index (Phi) is 13.1. The number of hydrogen-bond donors (Lipinski definition) is 1. The maximum Gasteiger partial charge on any atom is 0.266 e. The molecule has 0 saturated carbocycles. The average molecular weight is 1050 g/mol. The van der Waals surface area contributed by atoms with Crippen LogP contribution in [0.4, 0.5) is 5.69 Å². The van der Waals surface area contributed by atoms with Gasteiger partial charge in [-0.1, -0.05) is 163 Å². The number of anilines is 1. The molecule has 1 aliphatic rings. The van der Waals surface area contributed by atoms with Crippen molar-refractivity contribution in [2.45, 2.75) is 65.7 Å². The Morgan fingerprint density at radius 1 is 0.463 bits per heavy atom. The Labute approximate surface area is 464 Å². The summed E-state index contributed by atoms with van der Waals surface area (Å²) in [6, 6.07) is 57.0. The quantitative estimate of drug-likeness (QED) is 0.0582. The van der Waals surface area contributed by atoms with Gasteiger partial charge in [-0.05, 0) is 136 Å². The van der Waals surface area contributed by atoms with Crippen LogP contribution < -0.4 is 29.6 Å². The van der Waals surface area contributed by atoms with Gasteiger partial charge in [-0.2, -0.15) is 0 Å². The van der Waals surface area contributed by atoms with E-state index in [2.05, 4.69) is 52.5 Å². The van der Waals surface area contributed by atoms with Crippen molar-refractivity contribution in [1.29, 1.82) is 0 Å². The molecule has 80 heavy (non-hydrogen) atoms. The van der Waals surface area contributed by atoms with E-state index in [0.717, 1.165) is 16.7 Å². The lowest BCUT2D eigenvalue weighted by molar-refractivity contribution is 0.0891. The molecule has 12 rings (SSSR count). The first-order valence-corrected chi connectivity index (χ1v) is 27.1. The Morgan fingerprint density at radius 3 is 1.24 bits per heavy atom. The Hall–Kier alpha value is -9.73. The number of amides is 3. The van der Waals surface area contributed by atoms with Crippen LogP contribution in [-0.2, 0) is 6.42 Å². The van der Waals surface area contributed by atoms with Gasteiger partial charge in [0.25, 0.3) is 11.8 Å². The van der Waals surface area contributed by atoms with E-state index in [0.29, 0.717) is 89.5 Å². The van der Waals surface area contributed by atoms with Gasteiger partial charge in [0.2, 0.25) is 5.91 Å². The van der Waals surface area contributed by atoms with Crippen LogP contribution in [0.2, 0.25) is 0 Å². The summed E-state index contributed by atoms with van der Waals surface area (Å²) in [5.41, 5.74) is 13.5. The molecule has 0 aromatic heterocycles. The standard InChI is InChI=1S/C71H58N2O7/c1-8-43-23-21-34-51(42(6)7)68(43)73-70(75)54-38-58(79-47-28-17-11-18-29-47)64-62-56(77-45-24-13-9-14-25-45)36-44(35-52-49(40(2)3)32-22-33-50(52)41(4)5)60-53(69(72)74)37-57(78-46-26-15-10-16-27-46)63(66(60)62)65-59(80-48-30-19-12-20-31-48)39-55(71(73)76)61(54)67(64)65/h8-34,36-42H,1,35H2,2-7H3,(H2,72,74). The van der Waals surface area contributed by atoms with E-state index in [9.17, 15) is 4.79 Å². The minimum Gasteiger partial charge on any atom is -0.457 e. The second kappa shape index (κ2) is 20.6. The van der Waals surface area contributed by atoms with E-state index in [1.54, 1.807) is 24.3 Å². The second-order valence-electron chi connectivity index (χ2n) is 21.3. The molecule has 11 aromatic carbocycles. The van der Waals surface area contributed by atoms with Crippen LogP contribution in [0, 0.1) is 0 Å². The van der Waals surface area contributed by atoms with Crippen molar-refractivity contribution in [3.8, 4) is 46.0 Å². The number of para-hydroxylation sites is 5. The van der Waals surface area contributed by atoms with E-state index in [-0.39, 0.29) is 51.7 Å². The average Bonchev–Trinajstić information content (AvgIpc) is 1.38. The fourth-order valence-electron chi connectivity index (χ4n) is 11.8. The van der Waals surface area contributed by atoms with Crippen molar-refractivity contribution in [2.75, 3.05) is 4.90 Å². The van der Waals surface area contributed by atoms with Gasteiger partial charge in [0.1, 0.15) is 46.0 Å². The number of fused-ring (bicyclic) bond motifs is 2. The highest BCUT2D eigenvalue weighted by molar-refractivity contribution is 6.45. The molecule has 0 unspecified atom stereocenters. The molecule has 0 saturated heterocycles. The van der Waals surface area contributed by atoms with Crippen LogP contribution in [0.15, 0.2) is 189 Å². The van der Waals surface area contributed by atoms with Crippen LogP contribution in [-0.4, -0.2) is 17.7 Å². The summed E-state index contributed by atoms with van der Waals surface area (Å²) < 4.78 is 28.6. The Morgan fingerprint density at radius 2 is 0.838 bits per heavy atom. The minimum absolute atomic E-state index is 0.0784. The van der Waals surface area contributed by atoms with Gasteiger partial charge in [-0.25, -0.2) is 4.90 Å². The highest BCUT2D eigenvalue weighted by Crippen LogP contribution is 2.58. The predicted octanol–water partition coefficient (Wildman–Crippen LogP) is 18.4. The third kappa shape index (κ3) is 8.72. The van der Waals surface area contributed by atoms with Crippen LogP contribution in [0.3, 0.4) is 0 Å². The highest BCUT2D eigenvalue weighted by atomic mass is 16.5. The molecule has 394 valence electrons. The zero-order valence-corrected chi connectivity index (χ0v) is 45.4. The van der Waals surface area contributed by atoms with Crippen LogP contribution >= 0.6 is 0 Å². The topological polar surface area (TPSA) is 117 Å². The largest absolute Gasteiger partial charge is 0.457 e. The van der Waals surface area contributed by atoms with Crippen molar-refractivity contribution < 1.29 is 33.3 Å². The fourth-order valence-corrected chi connectivity index (χ4v) is 11.8. The maximum atomic E-state index is 16.0. The number of carbonyl (C=O) groups is 3. The first kappa shape index (κ1) is 51.1. The normalized spacial score (nSPS) is 12.4. The SMILES string of the molecule is C=Cc1cccc(C(C)C)c1N1C(=O)c2cc(Oc3ccccc3)c3c4c(Oc5ccccc5)cc(Cc5c(C(C)C)cccc5C(C)C)c5c(C(N)=O)cc(Oc6ccccc6)c(c6c(Oc7ccccc7)cc(c2c36)C1=O)c54. The van der Waals surface area contributed by atoms with Crippen LogP contribution in [0.5, 0.6) is 46.0 Å². The molecule has 0 fully saturated rings. The van der Waals surface area contributed by atoms with Crippen molar-refractivity contribution >= 4 is 72.6 Å².